The van der Waals surface area contributed by atoms with Gasteiger partial charge in [-0.05, 0) is 51.7 Å². The van der Waals surface area contributed by atoms with Crippen molar-refractivity contribution in [2.75, 3.05) is 13.2 Å². The zero-order valence-electron chi connectivity index (χ0n) is 16.4. The van der Waals surface area contributed by atoms with Crippen LogP contribution in [0.5, 0.6) is 0 Å². The Morgan fingerprint density at radius 1 is 1.26 bits per heavy atom. The van der Waals surface area contributed by atoms with Crippen LogP contribution in [-0.4, -0.2) is 35.1 Å². The van der Waals surface area contributed by atoms with Crippen LogP contribution in [0.25, 0.3) is 6.08 Å². The summed E-state index contributed by atoms with van der Waals surface area (Å²) in [5.74, 6) is -0.339. The highest BCUT2D eigenvalue weighted by atomic mass is 16.6. The first kappa shape index (κ1) is 19.4. The quantitative estimate of drug-likeness (QED) is 0.572. The Hall–Kier alpha value is -2.40. The molecule has 0 bridgehead atoms. The third kappa shape index (κ3) is 5.30. The number of benzene rings is 1. The van der Waals surface area contributed by atoms with E-state index in [-0.39, 0.29) is 12.1 Å². The number of esters is 1. The minimum Gasteiger partial charge on any atom is -0.460 e. The van der Waals surface area contributed by atoms with Gasteiger partial charge in [0.05, 0.1) is 18.3 Å². The van der Waals surface area contributed by atoms with E-state index in [9.17, 15) is 4.79 Å². The first-order valence-corrected chi connectivity index (χ1v) is 9.59. The maximum absolute atomic E-state index is 12.0. The lowest BCUT2D eigenvalue weighted by Crippen LogP contribution is -2.25. The summed E-state index contributed by atoms with van der Waals surface area (Å²) in [6, 6.07) is 8.44. The second kappa shape index (κ2) is 9.00. The molecule has 5 nitrogen and oxygen atoms in total. The molecule has 3 rings (SSSR count). The largest absolute Gasteiger partial charge is 0.460 e. The van der Waals surface area contributed by atoms with E-state index in [0.29, 0.717) is 13.2 Å². The molecule has 0 radical (unpaired) electrons. The third-order valence-corrected chi connectivity index (χ3v) is 4.96. The molecule has 1 saturated heterocycles. The molecule has 27 heavy (non-hydrogen) atoms. The van der Waals surface area contributed by atoms with Gasteiger partial charge in [0.15, 0.2) is 0 Å². The standard InChI is InChI=1S/C22H28N2O3/c1-16-7-9-19(10-8-16)14-24-18(3)21(17(2)23-24)11-12-22(25)27-15-20-6-4-5-13-26-20/h7-12,20H,4-6,13-15H2,1-3H3/b12-11+. The Labute approximate surface area is 161 Å². The first-order chi connectivity index (χ1) is 13.0. The van der Waals surface area contributed by atoms with Gasteiger partial charge < -0.3 is 9.47 Å². The molecule has 1 unspecified atom stereocenters. The molecular formula is C22H28N2O3. The highest BCUT2D eigenvalue weighted by Gasteiger charge is 2.15. The van der Waals surface area contributed by atoms with Crippen LogP contribution >= 0.6 is 0 Å². The Morgan fingerprint density at radius 2 is 2.04 bits per heavy atom. The van der Waals surface area contributed by atoms with E-state index in [4.69, 9.17) is 9.47 Å². The van der Waals surface area contributed by atoms with Gasteiger partial charge in [0.1, 0.15) is 6.61 Å². The maximum atomic E-state index is 12.0. The molecule has 0 aliphatic carbocycles. The van der Waals surface area contributed by atoms with Gasteiger partial charge in [0, 0.05) is 23.9 Å². The van der Waals surface area contributed by atoms with Crippen LogP contribution in [0.4, 0.5) is 0 Å². The van der Waals surface area contributed by atoms with Crippen LogP contribution in [0, 0.1) is 20.8 Å². The van der Waals surface area contributed by atoms with Gasteiger partial charge in [-0.15, -0.1) is 0 Å². The summed E-state index contributed by atoms with van der Waals surface area (Å²) >= 11 is 0. The molecular weight excluding hydrogens is 340 g/mol. The highest BCUT2D eigenvalue weighted by Crippen LogP contribution is 2.17. The van der Waals surface area contributed by atoms with Crippen molar-refractivity contribution in [2.45, 2.75) is 52.7 Å². The van der Waals surface area contributed by atoms with E-state index in [1.807, 2.05) is 18.5 Å². The van der Waals surface area contributed by atoms with Crippen molar-refractivity contribution >= 4 is 12.0 Å². The minimum atomic E-state index is -0.339. The van der Waals surface area contributed by atoms with Crippen LogP contribution in [0.1, 0.15) is 47.3 Å². The number of carbonyl (C=O) groups is 1. The summed E-state index contributed by atoms with van der Waals surface area (Å²) in [6.07, 6.45) is 6.51. The molecule has 1 aliphatic rings. The van der Waals surface area contributed by atoms with E-state index in [2.05, 4.69) is 36.3 Å². The maximum Gasteiger partial charge on any atom is 0.330 e. The highest BCUT2D eigenvalue weighted by molar-refractivity contribution is 5.87. The Kier molecular flexibility index (Phi) is 6.45. The number of hydrogen-bond acceptors (Lipinski definition) is 4. The van der Waals surface area contributed by atoms with E-state index in [0.717, 1.165) is 42.8 Å². The number of carbonyl (C=O) groups excluding carboxylic acids is 1. The lowest BCUT2D eigenvalue weighted by atomic mass is 10.1. The molecule has 0 saturated carbocycles. The van der Waals surface area contributed by atoms with Crippen LogP contribution in [0.2, 0.25) is 0 Å². The number of aryl methyl sites for hydroxylation is 2. The second-order valence-corrected chi connectivity index (χ2v) is 7.18. The second-order valence-electron chi connectivity index (χ2n) is 7.18. The van der Waals surface area contributed by atoms with Crippen molar-refractivity contribution in [3.8, 4) is 0 Å². The topological polar surface area (TPSA) is 53.4 Å². The minimum absolute atomic E-state index is 0.0387. The van der Waals surface area contributed by atoms with Gasteiger partial charge in [-0.3, -0.25) is 4.68 Å². The van der Waals surface area contributed by atoms with Crippen LogP contribution < -0.4 is 0 Å². The van der Waals surface area contributed by atoms with Crippen molar-refractivity contribution in [2.24, 2.45) is 0 Å². The predicted octanol–water partition coefficient (Wildman–Crippen LogP) is 3.98. The average molecular weight is 368 g/mol. The van der Waals surface area contributed by atoms with E-state index in [1.165, 1.54) is 17.2 Å². The Balaban J connectivity index is 1.60. The summed E-state index contributed by atoms with van der Waals surface area (Å²) in [4.78, 5) is 12.0. The molecule has 1 aliphatic heterocycles. The first-order valence-electron chi connectivity index (χ1n) is 9.59. The van der Waals surface area contributed by atoms with Crippen molar-refractivity contribution in [3.05, 3.63) is 58.4 Å². The molecule has 2 aromatic rings. The molecule has 0 amide bonds. The van der Waals surface area contributed by atoms with E-state index >= 15 is 0 Å². The zero-order valence-corrected chi connectivity index (χ0v) is 16.4. The van der Waals surface area contributed by atoms with Crippen LogP contribution in [-0.2, 0) is 20.8 Å². The molecule has 1 fully saturated rings. The molecule has 0 N–H and O–H groups in total. The average Bonchev–Trinajstić information content (AvgIpc) is 2.94. The number of rotatable bonds is 6. The summed E-state index contributed by atoms with van der Waals surface area (Å²) in [7, 11) is 0. The van der Waals surface area contributed by atoms with Gasteiger partial charge in [0.2, 0.25) is 0 Å². The number of nitrogens with zero attached hydrogens (tertiary/aromatic N) is 2. The summed E-state index contributed by atoms with van der Waals surface area (Å²) in [6.45, 7) is 7.86. The van der Waals surface area contributed by atoms with Gasteiger partial charge in [0.25, 0.3) is 0 Å². The number of hydrogen-bond donors (Lipinski definition) is 0. The van der Waals surface area contributed by atoms with Gasteiger partial charge in [-0.1, -0.05) is 29.8 Å². The van der Waals surface area contributed by atoms with Crippen molar-refractivity contribution in [1.29, 1.82) is 0 Å². The SMILES string of the molecule is Cc1ccc(Cn2nc(C)c(/C=C/C(=O)OCC3CCCCO3)c2C)cc1. The fourth-order valence-electron chi connectivity index (χ4n) is 3.29. The molecule has 1 atom stereocenters. The van der Waals surface area contributed by atoms with Gasteiger partial charge >= 0.3 is 5.97 Å². The molecule has 0 spiro atoms. The van der Waals surface area contributed by atoms with Crippen LogP contribution in [0.15, 0.2) is 30.3 Å². The van der Waals surface area contributed by atoms with Gasteiger partial charge in [-0.25, -0.2) is 4.79 Å². The molecule has 1 aromatic carbocycles. The normalized spacial score (nSPS) is 17.4. The van der Waals surface area contributed by atoms with Crippen LogP contribution in [0.3, 0.4) is 0 Å². The lowest BCUT2D eigenvalue weighted by molar-refractivity contribution is -0.143. The fourth-order valence-corrected chi connectivity index (χ4v) is 3.29. The monoisotopic (exact) mass is 368 g/mol. The summed E-state index contributed by atoms with van der Waals surface area (Å²) < 4.78 is 12.9. The van der Waals surface area contributed by atoms with E-state index in [1.54, 1.807) is 6.08 Å². The smallest absolute Gasteiger partial charge is 0.330 e. The van der Waals surface area contributed by atoms with Crippen molar-refractivity contribution < 1.29 is 14.3 Å². The fraction of sp³-hybridized carbons (Fsp3) is 0.455. The van der Waals surface area contributed by atoms with Crippen molar-refractivity contribution in [3.63, 3.8) is 0 Å². The predicted molar refractivity (Wildman–Crippen MR) is 106 cm³/mol. The third-order valence-electron chi connectivity index (χ3n) is 4.96. The molecule has 5 heteroatoms. The Morgan fingerprint density at radius 3 is 2.74 bits per heavy atom. The van der Waals surface area contributed by atoms with Gasteiger partial charge in [-0.2, -0.15) is 5.10 Å². The Bertz CT molecular complexity index is 800. The zero-order chi connectivity index (χ0) is 19.2. The lowest BCUT2D eigenvalue weighted by Gasteiger charge is -2.21. The van der Waals surface area contributed by atoms with Crippen molar-refractivity contribution in [1.82, 2.24) is 9.78 Å². The number of ether oxygens (including phenoxy) is 2. The molecule has 2 heterocycles. The number of aromatic nitrogens is 2. The summed E-state index contributed by atoms with van der Waals surface area (Å²) in [5.41, 5.74) is 5.35. The summed E-state index contributed by atoms with van der Waals surface area (Å²) in [5, 5.41) is 4.62. The van der Waals surface area contributed by atoms with E-state index < -0.39 is 0 Å². The molecule has 144 valence electrons. The molecule has 1 aromatic heterocycles.